The molecule has 70 valence electrons. The third kappa shape index (κ3) is 2.59. The molecule has 0 spiro atoms. The highest BCUT2D eigenvalue weighted by Gasteiger charge is 2.07. The zero-order valence-corrected chi connectivity index (χ0v) is 9.07. The van der Waals surface area contributed by atoms with Gasteiger partial charge in [-0.2, -0.15) is 11.8 Å². The number of ketones is 1. The number of benzene rings is 1. The number of carbonyl (C=O) groups is 1. The van der Waals surface area contributed by atoms with Crippen LogP contribution in [0.15, 0.2) is 18.2 Å². The van der Waals surface area contributed by atoms with E-state index in [1.165, 1.54) is 0 Å². The van der Waals surface area contributed by atoms with Crippen LogP contribution in [-0.4, -0.2) is 17.8 Å². The highest BCUT2D eigenvalue weighted by molar-refractivity contribution is 7.99. The molecule has 0 amide bonds. The zero-order valence-electron chi connectivity index (χ0n) is 8.26. The third-order valence-corrected chi connectivity index (χ3v) is 2.52. The van der Waals surface area contributed by atoms with Crippen molar-refractivity contribution < 1.29 is 4.79 Å². The minimum Gasteiger partial charge on any atom is -0.293 e. The third-order valence-electron chi connectivity index (χ3n) is 1.97. The Morgan fingerprint density at radius 2 is 2.08 bits per heavy atom. The van der Waals surface area contributed by atoms with Crippen LogP contribution in [0.5, 0.6) is 0 Å². The first kappa shape index (κ1) is 10.3. The summed E-state index contributed by atoms with van der Waals surface area (Å²) < 4.78 is 0. The molecule has 0 aliphatic carbocycles. The van der Waals surface area contributed by atoms with Crippen molar-refractivity contribution >= 4 is 17.5 Å². The van der Waals surface area contributed by atoms with Gasteiger partial charge >= 0.3 is 0 Å². The summed E-state index contributed by atoms with van der Waals surface area (Å²) in [7, 11) is 0. The molecule has 0 radical (unpaired) electrons. The van der Waals surface area contributed by atoms with Gasteiger partial charge in [-0.3, -0.25) is 4.79 Å². The van der Waals surface area contributed by atoms with Crippen LogP contribution in [-0.2, 0) is 0 Å². The molecule has 0 unspecified atom stereocenters. The van der Waals surface area contributed by atoms with E-state index in [-0.39, 0.29) is 5.78 Å². The van der Waals surface area contributed by atoms with Crippen molar-refractivity contribution in [2.45, 2.75) is 13.8 Å². The van der Waals surface area contributed by atoms with Crippen molar-refractivity contribution in [3.05, 3.63) is 34.9 Å². The Balaban J connectivity index is 2.99. The Bertz CT molecular complexity index is 318. The molecule has 0 aromatic heterocycles. The van der Waals surface area contributed by atoms with E-state index in [4.69, 9.17) is 0 Å². The summed E-state index contributed by atoms with van der Waals surface area (Å²) in [6.07, 6.45) is 1.95. The lowest BCUT2D eigenvalue weighted by atomic mass is 10.0. The second-order valence-electron chi connectivity index (χ2n) is 3.17. The molecule has 2 heteroatoms. The minimum absolute atomic E-state index is 0.230. The average Bonchev–Trinajstić information content (AvgIpc) is 2.09. The normalized spacial score (nSPS) is 10.1. The number of aryl methyl sites for hydroxylation is 2. The van der Waals surface area contributed by atoms with Gasteiger partial charge in [0.25, 0.3) is 0 Å². The van der Waals surface area contributed by atoms with E-state index in [0.717, 1.165) is 16.7 Å². The highest BCUT2D eigenvalue weighted by Crippen LogP contribution is 2.12. The van der Waals surface area contributed by atoms with E-state index in [9.17, 15) is 4.79 Å². The summed E-state index contributed by atoms with van der Waals surface area (Å²) in [5, 5.41) is 0. The van der Waals surface area contributed by atoms with Gasteiger partial charge < -0.3 is 0 Å². The molecule has 1 aromatic rings. The van der Waals surface area contributed by atoms with E-state index in [2.05, 4.69) is 0 Å². The van der Waals surface area contributed by atoms with Crippen LogP contribution < -0.4 is 0 Å². The van der Waals surface area contributed by atoms with Crippen molar-refractivity contribution in [2.75, 3.05) is 12.0 Å². The monoisotopic (exact) mass is 194 g/mol. The Kier molecular flexibility index (Phi) is 3.55. The summed E-state index contributed by atoms with van der Waals surface area (Å²) in [5.41, 5.74) is 3.09. The van der Waals surface area contributed by atoms with Gasteiger partial charge in [0.15, 0.2) is 5.78 Å². The molecule has 0 atom stereocenters. The molecule has 0 fully saturated rings. The van der Waals surface area contributed by atoms with Gasteiger partial charge in [-0.05, 0) is 31.7 Å². The molecule has 0 N–H and O–H groups in total. The molecule has 0 aliphatic rings. The maximum atomic E-state index is 11.6. The van der Waals surface area contributed by atoms with Gasteiger partial charge in [-0.1, -0.05) is 17.7 Å². The van der Waals surface area contributed by atoms with Crippen LogP contribution >= 0.6 is 11.8 Å². The maximum absolute atomic E-state index is 11.6. The van der Waals surface area contributed by atoms with Crippen molar-refractivity contribution in [2.24, 2.45) is 0 Å². The first-order valence-corrected chi connectivity index (χ1v) is 5.64. The lowest BCUT2D eigenvalue weighted by molar-refractivity contribution is 0.102. The first-order valence-electron chi connectivity index (χ1n) is 4.24. The summed E-state index contributed by atoms with van der Waals surface area (Å²) in [5.74, 6) is 0.804. The molecule has 0 heterocycles. The van der Waals surface area contributed by atoms with E-state index in [0.29, 0.717) is 5.75 Å². The first-order chi connectivity index (χ1) is 6.15. The van der Waals surface area contributed by atoms with Crippen LogP contribution in [0.2, 0.25) is 0 Å². The quantitative estimate of drug-likeness (QED) is 0.688. The lowest BCUT2D eigenvalue weighted by Crippen LogP contribution is -2.04. The number of Topliss-reactive ketones (excluding diaryl/α,β-unsaturated/α-hetero) is 1. The van der Waals surface area contributed by atoms with Crippen LogP contribution in [0, 0.1) is 13.8 Å². The van der Waals surface area contributed by atoms with Gasteiger partial charge in [0.1, 0.15) is 0 Å². The van der Waals surface area contributed by atoms with Crippen molar-refractivity contribution in [3.63, 3.8) is 0 Å². The smallest absolute Gasteiger partial charge is 0.172 e. The van der Waals surface area contributed by atoms with Crippen molar-refractivity contribution in [3.8, 4) is 0 Å². The van der Waals surface area contributed by atoms with Gasteiger partial charge in [0.2, 0.25) is 0 Å². The highest BCUT2D eigenvalue weighted by atomic mass is 32.2. The number of rotatable bonds is 3. The average molecular weight is 194 g/mol. The minimum atomic E-state index is 0.230. The molecular weight excluding hydrogens is 180 g/mol. The number of hydrogen-bond donors (Lipinski definition) is 0. The van der Waals surface area contributed by atoms with Gasteiger partial charge in [0.05, 0.1) is 5.75 Å². The fourth-order valence-electron chi connectivity index (χ4n) is 1.25. The van der Waals surface area contributed by atoms with Gasteiger partial charge in [0, 0.05) is 5.56 Å². The fourth-order valence-corrected chi connectivity index (χ4v) is 1.66. The zero-order chi connectivity index (χ0) is 9.84. The van der Waals surface area contributed by atoms with Gasteiger partial charge in [-0.25, -0.2) is 0 Å². The number of carbonyl (C=O) groups excluding carboxylic acids is 1. The predicted molar refractivity (Wildman–Crippen MR) is 58.6 cm³/mol. The summed E-state index contributed by atoms with van der Waals surface area (Å²) in [6, 6.07) is 6.00. The summed E-state index contributed by atoms with van der Waals surface area (Å²) in [4.78, 5) is 11.6. The Hall–Kier alpha value is -0.760. The Morgan fingerprint density at radius 3 is 2.69 bits per heavy atom. The summed E-state index contributed by atoms with van der Waals surface area (Å²) in [6.45, 7) is 3.99. The second kappa shape index (κ2) is 4.47. The Morgan fingerprint density at radius 1 is 1.38 bits per heavy atom. The predicted octanol–water partition coefficient (Wildman–Crippen LogP) is 2.85. The molecular formula is C11H14OS. The number of thioether (sulfide) groups is 1. The molecule has 1 aromatic carbocycles. The van der Waals surface area contributed by atoms with E-state index in [1.54, 1.807) is 11.8 Å². The largest absolute Gasteiger partial charge is 0.293 e. The molecule has 1 nitrogen and oxygen atoms in total. The number of hydrogen-bond acceptors (Lipinski definition) is 2. The van der Waals surface area contributed by atoms with Crippen molar-refractivity contribution in [1.82, 2.24) is 0 Å². The van der Waals surface area contributed by atoms with Crippen LogP contribution in [0.4, 0.5) is 0 Å². The summed E-state index contributed by atoms with van der Waals surface area (Å²) >= 11 is 1.57. The van der Waals surface area contributed by atoms with E-state index < -0.39 is 0 Å². The van der Waals surface area contributed by atoms with Gasteiger partial charge in [-0.15, -0.1) is 0 Å². The Labute approximate surface area is 83.5 Å². The van der Waals surface area contributed by atoms with Crippen LogP contribution in [0.25, 0.3) is 0 Å². The molecule has 1 rings (SSSR count). The van der Waals surface area contributed by atoms with Crippen LogP contribution in [0.3, 0.4) is 0 Å². The van der Waals surface area contributed by atoms with E-state index in [1.807, 2.05) is 38.3 Å². The lowest BCUT2D eigenvalue weighted by Gasteiger charge is -2.04. The van der Waals surface area contributed by atoms with Crippen LogP contribution in [0.1, 0.15) is 21.5 Å². The molecule has 13 heavy (non-hydrogen) atoms. The van der Waals surface area contributed by atoms with Crippen molar-refractivity contribution in [1.29, 1.82) is 0 Å². The molecule has 0 saturated carbocycles. The maximum Gasteiger partial charge on any atom is 0.172 e. The SMILES string of the molecule is CSCC(=O)c1cc(C)ccc1C. The topological polar surface area (TPSA) is 17.1 Å². The fraction of sp³-hybridized carbons (Fsp3) is 0.364. The molecule has 0 aliphatic heterocycles. The molecule has 0 bridgehead atoms. The molecule has 0 saturated heterocycles. The standard InChI is InChI=1S/C11H14OS/c1-8-4-5-9(2)10(6-8)11(12)7-13-3/h4-6H,7H2,1-3H3. The van der Waals surface area contributed by atoms with E-state index >= 15 is 0 Å². The second-order valence-corrected chi connectivity index (χ2v) is 4.04.